The number of amides is 2. The van der Waals surface area contributed by atoms with Gasteiger partial charge in [0.05, 0.1) is 23.1 Å². The fourth-order valence-corrected chi connectivity index (χ4v) is 4.34. The highest BCUT2D eigenvalue weighted by Crippen LogP contribution is 2.17. The normalized spacial score (nSPS) is 26.5. The molecule has 1 aromatic heterocycles. The summed E-state index contributed by atoms with van der Waals surface area (Å²) in [6, 6.07) is 3.61. The van der Waals surface area contributed by atoms with Crippen LogP contribution in [0.15, 0.2) is 17.5 Å². The molecule has 2 saturated heterocycles. The number of carbonyl (C=O) groups is 2. The standard InChI is InChI=1S/C18H27N3O3S/c1-13-11-21(12-14(2)24-13)17(22)15(3)19-6-8-20(9-7-19)18(23)16-5-4-10-25-16/h4-5,10,13-15H,6-9,11-12H2,1-3H3/t13-,14+,15-/m0/s1. The predicted molar refractivity (Wildman–Crippen MR) is 97.8 cm³/mol. The second kappa shape index (κ2) is 7.85. The average Bonchev–Trinajstić information content (AvgIpc) is 3.14. The third-order valence-corrected chi connectivity index (χ3v) is 5.83. The van der Waals surface area contributed by atoms with E-state index in [1.165, 1.54) is 11.3 Å². The topological polar surface area (TPSA) is 53.1 Å². The smallest absolute Gasteiger partial charge is 0.264 e. The van der Waals surface area contributed by atoms with Gasteiger partial charge in [0, 0.05) is 39.3 Å². The molecule has 0 radical (unpaired) electrons. The molecule has 25 heavy (non-hydrogen) atoms. The van der Waals surface area contributed by atoms with Crippen molar-refractivity contribution < 1.29 is 14.3 Å². The van der Waals surface area contributed by atoms with E-state index in [1.54, 1.807) is 0 Å². The summed E-state index contributed by atoms with van der Waals surface area (Å²) >= 11 is 1.48. The summed E-state index contributed by atoms with van der Waals surface area (Å²) < 4.78 is 5.72. The largest absolute Gasteiger partial charge is 0.372 e. The molecule has 2 aliphatic rings. The molecule has 6 nitrogen and oxygen atoms in total. The van der Waals surface area contributed by atoms with Gasteiger partial charge in [0.15, 0.2) is 0 Å². The van der Waals surface area contributed by atoms with Crippen molar-refractivity contribution in [2.75, 3.05) is 39.3 Å². The van der Waals surface area contributed by atoms with E-state index in [0.29, 0.717) is 26.2 Å². The number of ether oxygens (including phenoxy) is 1. The van der Waals surface area contributed by atoms with Crippen LogP contribution in [0.2, 0.25) is 0 Å². The summed E-state index contributed by atoms with van der Waals surface area (Å²) in [5.74, 6) is 0.268. The Morgan fingerprint density at radius 1 is 1.12 bits per heavy atom. The van der Waals surface area contributed by atoms with Gasteiger partial charge in [-0.2, -0.15) is 0 Å². The van der Waals surface area contributed by atoms with E-state index < -0.39 is 0 Å². The van der Waals surface area contributed by atoms with Crippen LogP contribution in [0, 0.1) is 0 Å². The maximum atomic E-state index is 12.8. The van der Waals surface area contributed by atoms with Crippen molar-refractivity contribution >= 4 is 23.2 Å². The monoisotopic (exact) mass is 365 g/mol. The molecule has 2 aliphatic heterocycles. The molecule has 0 N–H and O–H groups in total. The first-order chi connectivity index (χ1) is 12.0. The minimum atomic E-state index is -0.156. The Morgan fingerprint density at radius 2 is 1.76 bits per heavy atom. The maximum Gasteiger partial charge on any atom is 0.264 e. The van der Waals surface area contributed by atoms with Gasteiger partial charge in [-0.25, -0.2) is 0 Å². The number of piperazine rings is 1. The maximum absolute atomic E-state index is 12.8. The summed E-state index contributed by atoms with van der Waals surface area (Å²) in [6.07, 6.45) is 0.167. The predicted octanol–water partition coefficient (Wildman–Crippen LogP) is 1.53. The second-order valence-corrected chi connectivity index (χ2v) is 7.93. The third-order valence-electron chi connectivity index (χ3n) is 4.97. The molecule has 2 amide bonds. The van der Waals surface area contributed by atoms with Crippen LogP contribution in [0.4, 0.5) is 0 Å². The number of nitrogens with zero attached hydrogens (tertiary/aromatic N) is 3. The summed E-state index contributed by atoms with van der Waals surface area (Å²) in [6.45, 7) is 10.1. The zero-order valence-electron chi connectivity index (χ0n) is 15.2. The molecule has 1 aromatic rings. The first-order valence-corrected chi connectivity index (χ1v) is 9.84. The molecular formula is C18H27N3O3S. The van der Waals surface area contributed by atoms with Crippen molar-refractivity contribution in [3.63, 3.8) is 0 Å². The van der Waals surface area contributed by atoms with E-state index in [-0.39, 0.29) is 30.1 Å². The number of hydrogen-bond acceptors (Lipinski definition) is 5. The Hall–Kier alpha value is -1.44. The highest BCUT2D eigenvalue weighted by atomic mass is 32.1. The lowest BCUT2D eigenvalue weighted by molar-refractivity contribution is -0.148. The Labute approximate surface area is 153 Å². The minimum absolute atomic E-state index is 0.0835. The first-order valence-electron chi connectivity index (χ1n) is 8.96. The number of thiophene rings is 1. The average molecular weight is 365 g/mol. The molecule has 3 atom stereocenters. The van der Waals surface area contributed by atoms with Crippen LogP contribution in [0.25, 0.3) is 0 Å². The molecule has 0 aliphatic carbocycles. The SMILES string of the molecule is C[C@@H]1CN(C(=O)[C@H](C)N2CCN(C(=O)c3cccs3)CC2)C[C@H](C)O1. The minimum Gasteiger partial charge on any atom is -0.372 e. The van der Waals surface area contributed by atoms with Crippen molar-refractivity contribution in [3.05, 3.63) is 22.4 Å². The van der Waals surface area contributed by atoms with Crippen LogP contribution in [-0.4, -0.2) is 84.0 Å². The highest BCUT2D eigenvalue weighted by molar-refractivity contribution is 7.12. The lowest BCUT2D eigenvalue weighted by Crippen LogP contribution is -2.58. The van der Waals surface area contributed by atoms with Crippen LogP contribution in [0.5, 0.6) is 0 Å². The van der Waals surface area contributed by atoms with Gasteiger partial charge < -0.3 is 14.5 Å². The number of carbonyl (C=O) groups excluding carboxylic acids is 2. The molecule has 0 bridgehead atoms. The zero-order chi connectivity index (χ0) is 18.0. The summed E-state index contributed by atoms with van der Waals surface area (Å²) in [7, 11) is 0. The third kappa shape index (κ3) is 4.22. The quantitative estimate of drug-likeness (QED) is 0.815. The second-order valence-electron chi connectivity index (χ2n) is 6.98. The van der Waals surface area contributed by atoms with Crippen molar-refractivity contribution in [3.8, 4) is 0 Å². The first kappa shape index (κ1) is 18.4. The Kier molecular flexibility index (Phi) is 5.76. The number of hydrogen-bond donors (Lipinski definition) is 0. The van der Waals surface area contributed by atoms with Crippen molar-refractivity contribution in [2.24, 2.45) is 0 Å². The van der Waals surface area contributed by atoms with Crippen LogP contribution >= 0.6 is 11.3 Å². The van der Waals surface area contributed by atoms with E-state index in [9.17, 15) is 9.59 Å². The molecule has 0 spiro atoms. The van der Waals surface area contributed by atoms with Gasteiger partial charge in [0.2, 0.25) is 5.91 Å². The Morgan fingerprint density at radius 3 is 2.32 bits per heavy atom. The van der Waals surface area contributed by atoms with Gasteiger partial charge in [-0.05, 0) is 32.2 Å². The Bertz CT molecular complexity index is 589. The van der Waals surface area contributed by atoms with Crippen LogP contribution in [0.3, 0.4) is 0 Å². The summed E-state index contributed by atoms with van der Waals surface area (Å²) in [4.78, 5) is 32.0. The zero-order valence-corrected chi connectivity index (χ0v) is 16.0. The van der Waals surface area contributed by atoms with E-state index in [0.717, 1.165) is 18.0 Å². The molecule has 0 aromatic carbocycles. The van der Waals surface area contributed by atoms with Crippen LogP contribution in [-0.2, 0) is 9.53 Å². The van der Waals surface area contributed by atoms with E-state index in [4.69, 9.17) is 4.74 Å². The molecule has 0 saturated carbocycles. The molecule has 138 valence electrons. The fourth-order valence-electron chi connectivity index (χ4n) is 3.65. The molecule has 7 heteroatoms. The fraction of sp³-hybridized carbons (Fsp3) is 0.667. The van der Waals surface area contributed by atoms with Crippen LogP contribution < -0.4 is 0 Å². The van der Waals surface area contributed by atoms with Gasteiger partial charge in [0.1, 0.15) is 0 Å². The van der Waals surface area contributed by atoms with E-state index in [1.807, 2.05) is 48.1 Å². The van der Waals surface area contributed by atoms with Crippen molar-refractivity contribution in [2.45, 2.75) is 39.0 Å². The van der Waals surface area contributed by atoms with Crippen molar-refractivity contribution in [1.82, 2.24) is 14.7 Å². The van der Waals surface area contributed by atoms with Gasteiger partial charge in [-0.3, -0.25) is 14.5 Å². The Balaban J connectivity index is 1.53. The molecule has 0 unspecified atom stereocenters. The molecule has 2 fully saturated rings. The van der Waals surface area contributed by atoms with Crippen LogP contribution in [0.1, 0.15) is 30.4 Å². The van der Waals surface area contributed by atoms with Gasteiger partial charge in [-0.15, -0.1) is 11.3 Å². The molecular weight excluding hydrogens is 338 g/mol. The lowest BCUT2D eigenvalue weighted by atomic mass is 10.1. The summed E-state index contributed by atoms with van der Waals surface area (Å²) in [5, 5.41) is 1.93. The van der Waals surface area contributed by atoms with E-state index >= 15 is 0 Å². The van der Waals surface area contributed by atoms with Gasteiger partial charge in [-0.1, -0.05) is 6.07 Å². The number of rotatable bonds is 3. The summed E-state index contributed by atoms with van der Waals surface area (Å²) in [5.41, 5.74) is 0. The van der Waals surface area contributed by atoms with E-state index in [2.05, 4.69) is 4.90 Å². The lowest BCUT2D eigenvalue weighted by Gasteiger charge is -2.41. The van der Waals surface area contributed by atoms with Gasteiger partial charge in [0.25, 0.3) is 5.91 Å². The van der Waals surface area contributed by atoms with Gasteiger partial charge >= 0.3 is 0 Å². The van der Waals surface area contributed by atoms with Crippen molar-refractivity contribution in [1.29, 1.82) is 0 Å². The molecule has 3 rings (SSSR count). The number of morpholine rings is 1. The molecule has 3 heterocycles. The highest BCUT2D eigenvalue weighted by Gasteiger charge is 2.33.